The number of ether oxygens (including phenoxy) is 1. The lowest BCUT2D eigenvalue weighted by atomic mass is 10.1. The molecule has 1 aromatic heterocycles. The van der Waals surface area contributed by atoms with E-state index in [0.29, 0.717) is 53.9 Å². The minimum absolute atomic E-state index is 0.0110. The fourth-order valence-electron chi connectivity index (χ4n) is 3.77. The van der Waals surface area contributed by atoms with Crippen molar-refractivity contribution in [3.05, 3.63) is 40.4 Å². The number of halogens is 3. The molecule has 2 aliphatic heterocycles. The largest absolute Gasteiger partial charge is 0.416 e. The maximum atomic E-state index is 13.0. The summed E-state index contributed by atoms with van der Waals surface area (Å²) in [5.74, 6) is -0.180. The number of aromatic nitrogens is 1. The summed E-state index contributed by atoms with van der Waals surface area (Å²) in [7, 11) is 0. The number of aryl methyl sites for hydroxylation is 1. The van der Waals surface area contributed by atoms with Crippen molar-refractivity contribution in [2.45, 2.75) is 32.0 Å². The van der Waals surface area contributed by atoms with Crippen LogP contribution in [0.25, 0.3) is 10.6 Å². The highest BCUT2D eigenvalue weighted by Crippen LogP contribution is 2.33. The molecule has 2 aliphatic rings. The molecule has 166 valence electrons. The van der Waals surface area contributed by atoms with E-state index in [1.54, 1.807) is 16.7 Å². The van der Waals surface area contributed by atoms with Gasteiger partial charge < -0.3 is 14.5 Å². The summed E-state index contributed by atoms with van der Waals surface area (Å²) in [6.07, 6.45) is -3.13. The molecular formula is C21H22F3N3O3S. The van der Waals surface area contributed by atoms with Crippen molar-refractivity contribution in [1.29, 1.82) is 0 Å². The molecule has 0 spiro atoms. The molecule has 2 amide bonds. The highest BCUT2D eigenvalue weighted by Gasteiger charge is 2.33. The van der Waals surface area contributed by atoms with Crippen LogP contribution >= 0.6 is 11.3 Å². The fraction of sp³-hybridized carbons (Fsp3) is 0.476. The van der Waals surface area contributed by atoms with E-state index in [2.05, 4.69) is 4.98 Å². The molecule has 10 heteroatoms. The molecule has 0 bridgehead atoms. The van der Waals surface area contributed by atoms with Gasteiger partial charge in [-0.15, -0.1) is 11.3 Å². The zero-order valence-corrected chi connectivity index (χ0v) is 17.8. The molecule has 2 aromatic rings. The number of nitrogens with zero attached hydrogens (tertiary/aromatic N) is 3. The Morgan fingerprint density at radius 3 is 2.32 bits per heavy atom. The van der Waals surface area contributed by atoms with Crippen LogP contribution in [0.3, 0.4) is 0 Å². The van der Waals surface area contributed by atoms with E-state index in [1.807, 2.05) is 0 Å². The van der Waals surface area contributed by atoms with Gasteiger partial charge in [-0.25, -0.2) is 4.98 Å². The van der Waals surface area contributed by atoms with Gasteiger partial charge in [0.05, 0.1) is 11.3 Å². The van der Waals surface area contributed by atoms with Gasteiger partial charge in [-0.05, 0) is 31.9 Å². The second-order valence-electron chi connectivity index (χ2n) is 7.63. The van der Waals surface area contributed by atoms with Crippen LogP contribution in [-0.2, 0) is 15.7 Å². The Morgan fingerprint density at radius 1 is 1.10 bits per heavy atom. The van der Waals surface area contributed by atoms with Crippen molar-refractivity contribution < 1.29 is 27.5 Å². The number of rotatable bonds is 3. The molecule has 1 aromatic carbocycles. The lowest BCUT2D eigenvalue weighted by Crippen LogP contribution is -2.52. The standard InChI is InChI=1S/C21H22F3N3O3S/c1-13-17(31-18(25-13)14-4-6-15(7-5-14)21(22,23)24)20(29)27-10-8-26(9-11-27)19(28)16-3-2-12-30-16/h4-7,16H,2-3,8-12H2,1H3. The third kappa shape index (κ3) is 4.59. The lowest BCUT2D eigenvalue weighted by molar-refractivity contribution is -0.142. The number of amides is 2. The number of carbonyl (C=O) groups excluding carboxylic acids is 2. The number of thiazole rings is 1. The topological polar surface area (TPSA) is 62.7 Å². The Hall–Kier alpha value is -2.46. The van der Waals surface area contributed by atoms with Crippen LogP contribution in [0.1, 0.15) is 33.8 Å². The van der Waals surface area contributed by atoms with Gasteiger partial charge >= 0.3 is 6.18 Å². The number of benzene rings is 1. The number of hydrogen-bond acceptors (Lipinski definition) is 5. The first kappa shape index (κ1) is 21.8. The zero-order valence-electron chi connectivity index (χ0n) is 16.9. The van der Waals surface area contributed by atoms with Crippen molar-refractivity contribution in [2.75, 3.05) is 32.8 Å². The zero-order chi connectivity index (χ0) is 22.2. The van der Waals surface area contributed by atoms with Gasteiger partial charge in [-0.3, -0.25) is 9.59 Å². The van der Waals surface area contributed by atoms with E-state index in [0.717, 1.165) is 25.0 Å². The summed E-state index contributed by atoms with van der Waals surface area (Å²) < 4.78 is 43.8. The van der Waals surface area contributed by atoms with Crippen LogP contribution < -0.4 is 0 Å². The molecule has 6 nitrogen and oxygen atoms in total. The maximum absolute atomic E-state index is 13.0. The van der Waals surface area contributed by atoms with Gasteiger partial charge in [-0.2, -0.15) is 13.2 Å². The summed E-state index contributed by atoms with van der Waals surface area (Å²) >= 11 is 1.17. The predicted molar refractivity (Wildman–Crippen MR) is 109 cm³/mol. The van der Waals surface area contributed by atoms with E-state index in [9.17, 15) is 22.8 Å². The molecule has 2 saturated heterocycles. The molecule has 0 radical (unpaired) electrons. The van der Waals surface area contributed by atoms with Crippen LogP contribution in [0, 0.1) is 6.92 Å². The molecule has 1 atom stereocenters. The van der Waals surface area contributed by atoms with Crippen molar-refractivity contribution in [3.8, 4) is 10.6 Å². The second-order valence-corrected chi connectivity index (χ2v) is 8.63. The maximum Gasteiger partial charge on any atom is 0.416 e. The van der Waals surface area contributed by atoms with Gasteiger partial charge in [0.25, 0.3) is 11.8 Å². The smallest absolute Gasteiger partial charge is 0.368 e. The van der Waals surface area contributed by atoms with Gasteiger partial charge in [0.2, 0.25) is 0 Å². The van der Waals surface area contributed by atoms with Gasteiger partial charge in [0.15, 0.2) is 0 Å². The van der Waals surface area contributed by atoms with Crippen molar-refractivity contribution >= 4 is 23.2 Å². The van der Waals surface area contributed by atoms with Crippen LogP contribution in [0.4, 0.5) is 13.2 Å². The minimum atomic E-state index is -4.40. The molecule has 4 rings (SSSR count). The Balaban J connectivity index is 1.42. The van der Waals surface area contributed by atoms with Gasteiger partial charge in [0.1, 0.15) is 16.0 Å². The quantitative estimate of drug-likeness (QED) is 0.713. The monoisotopic (exact) mass is 453 g/mol. The summed E-state index contributed by atoms with van der Waals surface area (Å²) in [5, 5.41) is 0.502. The lowest BCUT2D eigenvalue weighted by Gasteiger charge is -2.35. The van der Waals surface area contributed by atoms with Gasteiger partial charge in [-0.1, -0.05) is 12.1 Å². The van der Waals surface area contributed by atoms with Crippen LogP contribution in [0.15, 0.2) is 24.3 Å². The molecule has 3 heterocycles. The molecular weight excluding hydrogens is 431 g/mol. The SMILES string of the molecule is Cc1nc(-c2ccc(C(F)(F)F)cc2)sc1C(=O)N1CCN(C(=O)C2CCCO2)CC1. The van der Waals surface area contributed by atoms with E-state index in [-0.39, 0.29) is 17.9 Å². The van der Waals surface area contributed by atoms with Crippen molar-refractivity contribution in [3.63, 3.8) is 0 Å². The average molecular weight is 453 g/mol. The highest BCUT2D eigenvalue weighted by molar-refractivity contribution is 7.17. The summed E-state index contributed by atoms with van der Waals surface area (Å²) in [5.41, 5.74) is 0.353. The van der Waals surface area contributed by atoms with E-state index in [1.165, 1.54) is 23.5 Å². The van der Waals surface area contributed by atoms with E-state index >= 15 is 0 Å². The number of alkyl halides is 3. The molecule has 0 N–H and O–H groups in total. The first-order valence-corrected chi connectivity index (χ1v) is 10.9. The Labute approximate surface area is 181 Å². The minimum Gasteiger partial charge on any atom is -0.368 e. The molecule has 31 heavy (non-hydrogen) atoms. The summed E-state index contributed by atoms with van der Waals surface area (Å²) in [6, 6.07) is 4.76. The Kier molecular flexibility index (Phi) is 6.02. The van der Waals surface area contributed by atoms with Crippen molar-refractivity contribution in [1.82, 2.24) is 14.8 Å². The molecule has 0 aliphatic carbocycles. The molecule has 2 fully saturated rings. The highest BCUT2D eigenvalue weighted by atomic mass is 32.1. The number of piperazine rings is 1. The van der Waals surface area contributed by atoms with E-state index < -0.39 is 11.7 Å². The van der Waals surface area contributed by atoms with Crippen LogP contribution in [0.2, 0.25) is 0 Å². The first-order chi connectivity index (χ1) is 14.7. The average Bonchev–Trinajstić information content (AvgIpc) is 3.42. The second kappa shape index (κ2) is 8.58. The van der Waals surface area contributed by atoms with Gasteiger partial charge in [0, 0.05) is 38.3 Å². The molecule has 0 saturated carbocycles. The summed E-state index contributed by atoms with van der Waals surface area (Å²) in [4.78, 5) is 33.8. The number of carbonyl (C=O) groups is 2. The molecule has 1 unspecified atom stereocenters. The predicted octanol–water partition coefficient (Wildman–Crippen LogP) is 3.60. The normalized spacial score (nSPS) is 19.7. The third-order valence-electron chi connectivity index (χ3n) is 5.53. The number of hydrogen-bond donors (Lipinski definition) is 0. The Bertz CT molecular complexity index is 960. The third-order valence-corrected chi connectivity index (χ3v) is 6.73. The van der Waals surface area contributed by atoms with Crippen LogP contribution in [-0.4, -0.2) is 65.5 Å². The van der Waals surface area contributed by atoms with E-state index in [4.69, 9.17) is 4.74 Å². The van der Waals surface area contributed by atoms with Crippen molar-refractivity contribution in [2.24, 2.45) is 0 Å². The van der Waals surface area contributed by atoms with Crippen LogP contribution in [0.5, 0.6) is 0 Å². The Morgan fingerprint density at radius 2 is 1.74 bits per heavy atom. The first-order valence-electron chi connectivity index (χ1n) is 10.1. The fourth-order valence-corrected chi connectivity index (χ4v) is 4.81. The summed E-state index contributed by atoms with van der Waals surface area (Å²) in [6.45, 7) is 4.08.